The molecule has 0 amide bonds. The molecule has 1 N–H and O–H groups in total. The van der Waals surface area contributed by atoms with Crippen LogP contribution in [0.15, 0.2) is 30.3 Å². The first-order chi connectivity index (χ1) is 7.00. The Labute approximate surface area is 85.8 Å². The Kier molecular flexibility index (Phi) is 3.17. The molecule has 0 aliphatic carbocycles. The normalized spacial score (nSPS) is 11.1. The van der Waals surface area contributed by atoms with Crippen molar-refractivity contribution in [2.75, 3.05) is 0 Å². The van der Waals surface area contributed by atoms with E-state index in [0.717, 1.165) is 6.08 Å². The van der Waals surface area contributed by atoms with E-state index in [4.69, 9.17) is 5.11 Å². The number of hydrogen-bond donors (Lipinski definition) is 1. The lowest BCUT2D eigenvalue weighted by Crippen LogP contribution is -1.91. The molecule has 1 aromatic carbocycles. The van der Waals surface area contributed by atoms with E-state index in [9.17, 15) is 14.9 Å². The van der Waals surface area contributed by atoms with Gasteiger partial charge in [-0.05, 0) is 30.2 Å². The molecule has 0 spiro atoms. The first-order valence-electron chi connectivity index (χ1n) is 4.17. The number of carboxylic acid groups (broad SMARTS) is 1. The third-order valence-corrected chi connectivity index (χ3v) is 1.87. The van der Waals surface area contributed by atoms with E-state index in [1.165, 1.54) is 24.3 Å². The van der Waals surface area contributed by atoms with Gasteiger partial charge >= 0.3 is 5.97 Å². The number of non-ortho nitro benzene ring substituents is 1. The summed E-state index contributed by atoms with van der Waals surface area (Å²) in [5.74, 6) is -1.04. The highest BCUT2D eigenvalue weighted by atomic mass is 16.6. The predicted octanol–water partition coefficient (Wildman–Crippen LogP) is 2.08. The number of carboxylic acids is 1. The maximum absolute atomic E-state index is 10.4. The molecule has 5 heteroatoms. The number of carbonyl (C=O) groups is 1. The Morgan fingerprint density at radius 2 is 1.93 bits per heavy atom. The summed E-state index contributed by atoms with van der Waals surface area (Å²) in [6.45, 7) is 1.63. The molecule has 5 nitrogen and oxygen atoms in total. The van der Waals surface area contributed by atoms with Gasteiger partial charge in [0.15, 0.2) is 0 Å². The zero-order valence-electron chi connectivity index (χ0n) is 8.01. The second-order valence-corrected chi connectivity index (χ2v) is 2.97. The molecule has 0 aliphatic rings. The standard InChI is InChI=1S/C10H9NO4/c1-7(6-10(12)13)8-2-4-9(5-3-8)11(14)15/h2-6H,1H3,(H,12,13)/b7-6-. The molecule has 0 saturated heterocycles. The molecular formula is C10H9NO4. The van der Waals surface area contributed by atoms with Crippen LogP contribution in [0.25, 0.3) is 5.57 Å². The van der Waals surface area contributed by atoms with Gasteiger partial charge in [0.1, 0.15) is 0 Å². The van der Waals surface area contributed by atoms with Crippen LogP contribution >= 0.6 is 0 Å². The van der Waals surface area contributed by atoms with E-state index in [2.05, 4.69) is 0 Å². The van der Waals surface area contributed by atoms with E-state index in [0.29, 0.717) is 11.1 Å². The van der Waals surface area contributed by atoms with Crippen LogP contribution in [-0.2, 0) is 4.79 Å². The second kappa shape index (κ2) is 4.36. The van der Waals surface area contributed by atoms with E-state index in [-0.39, 0.29) is 5.69 Å². The van der Waals surface area contributed by atoms with Crippen LogP contribution in [0.4, 0.5) is 5.69 Å². The highest BCUT2D eigenvalue weighted by Crippen LogP contribution is 2.17. The molecular weight excluding hydrogens is 198 g/mol. The molecule has 0 heterocycles. The second-order valence-electron chi connectivity index (χ2n) is 2.97. The maximum atomic E-state index is 10.4. The first kappa shape index (κ1) is 10.9. The van der Waals surface area contributed by atoms with Crippen molar-refractivity contribution in [3.05, 3.63) is 46.0 Å². The average Bonchev–Trinajstić information content (AvgIpc) is 2.17. The summed E-state index contributed by atoms with van der Waals surface area (Å²) in [6.07, 6.45) is 1.06. The minimum absolute atomic E-state index is 0.0122. The number of hydrogen-bond acceptors (Lipinski definition) is 3. The first-order valence-corrected chi connectivity index (χ1v) is 4.17. The van der Waals surface area contributed by atoms with Crippen molar-refractivity contribution in [3.8, 4) is 0 Å². The molecule has 0 unspecified atom stereocenters. The van der Waals surface area contributed by atoms with Crippen molar-refractivity contribution in [2.45, 2.75) is 6.92 Å². The number of aliphatic carboxylic acids is 1. The quantitative estimate of drug-likeness (QED) is 0.467. The Hall–Kier alpha value is -2.17. The van der Waals surface area contributed by atoms with Gasteiger partial charge in [0, 0.05) is 18.2 Å². The van der Waals surface area contributed by atoms with E-state index >= 15 is 0 Å². The van der Waals surface area contributed by atoms with Crippen LogP contribution in [-0.4, -0.2) is 16.0 Å². The molecule has 0 saturated carbocycles. The summed E-state index contributed by atoms with van der Waals surface area (Å²) in [5.41, 5.74) is 1.20. The zero-order chi connectivity index (χ0) is 11.4. The molecule has 1 rings (SSSR count). The summed E-state index contributed by atoms with van der Waals surface area (Å²) in [5, 5.41) is 18.9. The van der Waals surface area contributed by atoms with E-state index < -0.39 is 10.9 Å². The summed E-state index contributed by atoms with van der Waals surface area (Å²) < 4.78 is 0. The van der Waals surface area contributed by atoms with Gasteiger partial charge in [0.2, 0.25) is 0 Å². The molecule has 78 valence electrons. The predicted molar refractivity (Wildman–Crippen MR) is 54.4 cm³/mol. The van der Waals surface area contributed by atoms with Crippen LogP contribution in [0.1, 0.15) is 12.5 Å². The average molecular weight is 207 g/mol. The Morgan fingerprint density at radius 1 is 1.40 bits per heavy atom. The molecule has 0 fully saturated rings. The molecule has 15 heavy (non-hydrogen) atoms. The van der Waals surface area contributed by atoms with Crippen molar-refractivity contribution in [1.82, 2.24) is 0 Å². The SMILES string of the molecule is C/C(=C/C(=O)O)c1ccc([N+](=O)[O-])cc1. The summed E-state index contributed by atoms with van der Waals surface area (Å²) in [4.78, 5) is 20.2. The fourth-order valence-corrected chi connectivity index (χ4v) is 1.11. The van der Waals surface area contributed by atoms with Gasteiger partial charge in [0.05, 0.1) is 4.92 Å². The lowest BCUT2D eigenvalue weighted by atomic mass is 10.1. The third-order valence-electron chi connectivity index (χ3n) is 1.87. The van der Waals surface area contributed by atoms with Gasteiger partial charge in [-0.1, -0.05) is 0 Å². The minimum Gasteiger partial charge on any atom is -0.478 e. The summed E-state index contributed by atoms with van der Waals surface area (Å²) >= 11 is 0. The van der Waals surface area contributed by atoms with Crippen molar-refractivity contribution in [2.24, 2.45) is 0 Å². The highest BCUT2D eigenvalue weighted by Gasteiger charge is 2.05. The topological polar surface area (TPSA) is 80.4 Å². The molecule has 0 aliphatic heterocycles. The van der Waals surface area contributed by atoms with Crippen LogP contribution in [0.3, 0.4) is 0 Å². The highest BCUT2D eigenvalue weighted by molar-refractivity contribution is 5.89. The largest absolute Gasteiger partial charge is 0.478 e. The number of nitrogens with zero attached hydrogens (tertiary/aromatic N) is 1. The van der Waals surface area contributed by atoms with Gasteiger partial charge < -0.3 is 5.11 Å². The molecule has 0 bridgehead atoms. The van der Waals surface area contributed by atoms with Gasteiger partial charge in [-0.25, -0.2) is 4.79 Å². The number of nitro groups is 1. The summed E-state index contributed by atoms with van der Waals surface area (Å²) in [7, 11) is 0. The van der Waals surface area contributed by atoms with Crippen molar-refractivity contribution in [1.29, 1.82) is 0 Å². The number of benzene rings is 1. The molecule has 0 aromatic heterocycles. The monoisotopic (exact) mass is 207 g/mol. The lowest BCUT2D eigenvalue weighted by molar-refractivity contribution is -0.384. The van der Waals surface area contributed by atoms with Crippen molar-refractivity contribution >= 4 is 17.2 Å². The fraction of sp³-hybridized carbons (Fsp3) is 0.100. The van der Waals surface area contributed by atoms with Gasteiger partial charge in [-0.15, -0.1) is 0 Å². The number of rotatable bonds is 3. The number of nitro benzene ring substituents is 1. The fourth-order valence-electron chi connectivity index (χ4n) is 1.11. The zero-order valence-corrected chi connectivity index (χ0v) is 8.01. The van der Waals surface area contributed by atoms with E-state index in [1.807, 2.05) is 0 Å². The summed E-state index contributed by atoms with van der Waals surface area (Å²) in [6, 6.07) is 5.73. The van der Waals surface area contributed by atoms with Gasteiger partial charge in [-0.2, -0.15) is 0 Å². The Bertz CT molecular complexity index is 420. The molecule has 0 radical (unpaired) electrons. The van der Waals surface area contributed by atoms with Crippen molar-refractivity contribution < 1.29 is 14.8 Å². The van der Waals surface area contributed by atoms with Crippen LogP contribution in [0.2, 0.25) is 0 Å². The molecule has 0 atom stereocenters. The van der Waals surface area contributed by atoms with Crippen molar-refractivity contribution in [3.63, 3.8) is 0 Å². The third kappa shape index (κ3) is 2.91. The van der Waals surface area contributed by atoms with Crippen LogP contribution in [0.5, 0.6) is 0 Å². The van der Waals surface area contributed by atoms with Crippen LogP contribution < -0.4 is 0 Å². The van der Waals surface area contributed by atoms with Crippen LogP contribution in [0, 0.1) is 10.1 Å². The smallest absolute Gasteiger partial charge is 0.328 e. The minimum atomic E-state index is -1.04. The van der Waals surface area contributed by atoms with Gasteiger partial charge in [0.25, 0.3) is 5.69 Å². The Morgan fingerprint density at radius 3 is 2.33 bits per heavy atom. The molecule has 1 aromatic rings. The maximum Gasteiger partial charge on any atom is 0.328 e. The number of allylic oxidation sites excluding steroid dienone is 1. The Balaban J connectivity index is 2.99. The lowest BCUT2D eigenvalue weighted by Gasteiger charge is -1.99. The van der Waals surface area contributed by atoms with E-state index in [1.54, 1.807) is 6.92 Å². The van der Waals surface area contributed by atoms with Gasteiger partial charge in [-0.3, -0.25) is 10.1 Å².